The number of hydrogen-bond donors (Lipinski definition) is 0. The first-order valence-corrected chi connectivity index (χ1v) is 6.86. The smallest absolute Gasteiger partial charge is 0.269 e. The predicted octanol–water partition coefficient (Wildman–Crippen LogP) is 4.83. The largest absolute Gasteiger partial charge is 0.416 e. The Morgan fingerprint density at radius 3 is 2.40 bits per heavy atom. The average molecular weight is 369 g/mol. The topological polar surface area (TPSA) is 30.7 Å². The summed E-state index contributed by atoms with van der Waals surface area (Å²) in [6.07, 6.45) is -4.43. The minimum Gasteiger partial charge on any atom is -0.269 e. The molecule has 1 aromatic heterocycles. The molecule has 0 aliphatic carbocycles. The van der Waals surface area contributed by atoms with Crippen molar-refractivity contribution in [2.45, 2.75) is 25.9 Å². The summed E-state index contributed by atoms with van der Waals surface area (Å²) in [5.41, 5.74) is -0.494. The maximum atomic E-state index is 12.9. The molecule has 0 atom stereocenters. The molecular weight excluding hydrogens is 359 g/mol. The van der Waals surface area contributed by atoms with Crippen molar-refractivity contribution in [2.75, 3.05) is 0 Å². The Bertz CT molecular complexity index is 637. The van der Waals surface area contributed by atoms with Crippen molar-refractivity contribution in [3.05, 3.63) is 39.3 Å². The highest BCUT2D eigenvalue weighted by Crippen LogP contribution is 2.34. The zero-order valence-electron chi connectivity index (χ0n) is 10.5. The fourth-order valence-electron chi connectivity index (χ4n) is 1.76. The van der Waals surface area contributed by atoms with Gasteiger partial charge in [-0.05, 0) is 29.8 Å². The van der Waals surface area contributed by atoms with Crippen LogP contribution in [0.2, 0.25) is 5.28 Å². The lowest BCUT2D eigenvalue weighted by atomic mass is 10.1. The number of halogens is 5. The van der Waals surface area contributed by atoms with E-state index in [0.29, 0.717) is 10.3 Å². The quantitative estimate of drug-likeness (QED) is 0.760. The second-order valence-corrected chi connectivity index (χ2v) is 5.77. The molecule has 2 aromatic rings. The van der Waals surface area contributed by atoms with Gasteiger partial charge in [0.25, 0.3) is 0 Å². The molecule has 0 amide bonds. The third-order valence-electron chi connectivity index (χ3n) is 2.63. The minimum absolute atomic E-state index is 0.0247. The van der Waals surface area contributed by atoms with Gasteiger partial charge in [-0.1, -0.05) is 29.8 Å². The molecule has 0 bridgehead atoms. The molecule has 0 fully saturated rings. The Labute approximate surface area is 126 Å². The summed E-state index contributed by atoms with van der Waals surface area (Å²) in [6.45, 7) is 3.72. The molecule has 8 heteroatoms. The van der Waals surface area contributed by atoms with Crippen LogP contribution in [0.15, 0.2) is 22.7 Å². The van der Waals surface area contributed by atoms with E-state index in [-0.39, 0.29) is 16.9 Å². The molecule has 108 valence electrons. The van der Waals surface area contributed by atoms with Crippen LogP contribution in [-0.4, -0.2) is 14.8 Å². The number of benzene rings is 1. The van der Waals surface area contributed by atoms with E-state index in [4.69, 9.17) is 11.6 Å². The SMILES string of the molecule is CC(C)c1nnc(Cl)n1-c1cc(Br)cc(C(F)(F)F)c1. The van der Waals surface area contributed by atoms with Crippen LogP contribution >= 0.6 is 27.5 Å². The molecule has 0 N–H and O–H groups in total. The van der Waals surface area contributed by atoms with Crippen molar-refractivity contribution < 1.29 is 13.2 Å². The summed E-state index contributed by atoms with van der Waals surface area (Å²) in [4.78, 5) is 0. The van der Waals surface area contributed by atoms with Gasteiger partial charge in [-0.2, -0.15) is 13.2 Å². The number of nitrogens with zero attached hydrogens (tertiary/aromatic N) is 3. The first-order valence-electron chi connectivity index (χ1n) is 5.69. The standard InChI is InChI=1S/C12H10BrClF3N3/c1-6(2)10-18-19-11(14)20(10)9-4-7(12(15,16)17)3-8(13)5-9/h3-6H,1-2H3. The van der Waals surface area contributed by atoms with Crippen LogP contribution in [0.1, 0.15) is 31.2 Å². The molecule has 3 nitrogen and oxygen atoms in total. The Morgan fingerprint density at radius 1 is 1.20 bits per heavy atom. The van der Waals surface area contributed by atoms with E-state index in [0.717, 1.165) is 12.1 Å². The lowest BCUT2D eigenvalue weighted by Gasteiger charge is -2.13. The maximum absolute atomic E-state index is 12.9. The van der Waals surface area contributed by atoms with Crippen molar-refractivity contribution in [1.82, 2.24) is 14.8 Å². The first-order chi connectivity index (χ1) is 9.20. The maximum Gasteiger partial charge on any atom is 0.416 e. The van der Waals surface area contributed by atoms with Gasteiger partial charge in [0, 0.05) is 10.4 Å². The number of alkyl halides is 3. The van der Waals surface area contributed by atoms with Crippen LogP contribution in [0, 0.1) is 0 Å². The van der Waals surface area contributed by atoms with Gasteiger partial charge in [0.1, 0.15) is 5.82 Å². The summed E-state index contributed by atoms with van der Waals surface area (Å²) in [6, 6.07) is 3.57. The Kier molecular flexibility index (Phi) is 4.11. The molecule has 1 heterocycles. The highest BCUT2D eigenvalue weighted by Gasteiger charge is 2.31. The van der Waals surface area contributed by atoms with Crippen LogP contribution in [0.4, 0.5) is 13.2 Å². The van der Waals surface area contributed by atoms with Crippen molar-refractivity contribution in [3.63, 3.8) is 0 Å². The van der Waals surface area contributed by atoms with E-state index in [1.807, 2.05) is 13.8 Å². The normalized spacial score (nSPS) is 12.2. The second kappa shape index (κ2) is 5.37. The molecule has 2 rings (SSSR count). The summed E-state index contributed by atoms with van der Waals surface area (Å²) in [5, 5.41) is 7.64. The van der Waals surface area contributed by atoms with Gasteiger partial charge in [-0.3, -0.25) is 4.57 Å². The molecule has 0 unspecified atom stereocenters. The second-order valence-electron chi connectivity index (χ2n) is 4.51. The van der Waals surface area contributed by atoms with E-state index in [1.165, 1.54) is 10.6 Å². The molecule has 0 saturated carbocycles. The van der Waals surface area contributed by atoms with E-state index < -0.39 is 11.7 Å². The van der Waals surface area contributed by atoms with Crippen molar-refractivity contribution in [2.24, 2.45) is 0 Å². The molecule has 20 heavy (non-hydrogen) atoms. The van der Waals surface area contributed by atoms with Crippen molar-refractivity contribution >= 4 is 27.5 Å². The molecule has 1 aromatic carbocycles. The monoisotopic (exact) mass is 367 g/mol. The van der Waals surface area contributed by atoms with Crippen LogP contribution in [0.3, 0.4) is 0 Å². The van der Waals surface area contributed by atoms with Gasteiger partial charge in [-0.25, -0.2) is 0 Å². The fraction of sp³-hybridized carbons (Fsp3) is 0.333. The predicted molar refractivity (Wildman–Crippen MR) is 73.2 cm³/mol. The van der Waals surface area contributed by atoms with Gasteiger partial charge < -0.3 is 0 Å². The van der Waals surface area contributed by atoms with E-state index in [9.17, 15) is 13.2 Å². The first kappa shape index (κ1) is 15.3. The molecule has 0 saturated heterocycles. The molecule has 0 radical (unpaired) electrons. The van der Waals surface area contributed by atoms with Gasteiger partial charge >= 0.3 is 6.18 Å². The number of aromatic nitrogens is 3. The average Bonchev–Trinajstić information content (AvgIpc) is 2.69. The summed E-state index contributed by atoms with van der Waals surface area (Å²) in [5.74, 6) is 0.476. The van der Waals surface area contributed by atoms with E-state index in [1.54, 1.807) is 0 Å². The van der Waals surface area contributed by atoms with Gasteiger partial charge in [0.2, 0.25) is 5.28 Å². The summed E-state index contributed by atoms with van der Waals surface area (Å²) in [7, 11) is 0. The molecule has 0 aliphatic rings. The van der Waals surface area contributed by atoms with Crippen LogP contribution < -0.4 is 0 Å². The Hall–Kier alpha value is -1.08. The van der Waals surface area contributed by atoms with E-state index in [2.05, 4.69) is 26.1 Å². The Morgan fingerprint density at radius 2 is 1.85 bits per heavy atom. The zero-order chi connectivity index (χ0) is 15.1. The fourth-order valence-corrected chi connectivity index (χ4v) is 2.46. The summed E-state index contributed by atoms with van der Waals surface area (Å²) >= 11 is 9.02. The van der Waals surface area contributed by atoms with Gasteiger partial charge in [0.05, 0.1) is 11.3 Å². The van der Waals surface area contributed by atoms with Gasteiger partial charge in [0.15, 0.2) is 0 Å². The third kappa shape index (κ3) is 2.98. The third-order valence-corrected chi connectivity index (χ3v) is 3.34. The lowest BCUT2D eigenvalue weighted by molar-refractivity contribution is -0.137. The van der Waals surface area contributed by atoms with Crippen molar-refractivity contribution in [3.8, 4) is 5.69 Å². The molecule has 0 spiro atoms. The lowest BCUT2D eigenvalue weighted by Crippen LogP contribution is -2.08. The summed E-state index contributed by atoms with van der Waals surface area (Å²) < 4.78 is 40.3. The Balaban J connectivity index is 2.65. The number of hydrogen-bond acceptors (Lipinski definition) is 2. The number of rotatable bonds is 2. The molecule has 0 aliphatic heterocycles. The van der Waals surface area contributed by atoms with E-state index >= 15 is 0 Å². The highest BCUT2D eigenvalue weighted by molar-refractivity contribution is 9.10. The minimum atomic E-state index is -4.43. The van der Waals surface area contributed by atoms with Crippen LogP contribution in [0.25, 0.3) is 5.69 Å². The zero-order valence-corrected chi connectivity index (χ0v) is 12.9. The van der Waals surface area contributed by atoms with Crippen molar-refractivity contribution in [1.29, 1.82) is 0 Å². The van der Waals surface area contributed by atoms with Crippen LogP contribution in [-0.2, 0) is 6.18 Å². The van der Waals surface area contributed by atoms with Gasteiger partial charge in [-0.15, -0.1) is 10.2 Å². The van der Waals surface area contributed by atoms with Crippen LogP contribution in [0.5, 0.6) is 0 Å². The highest BCUT2D eigenvalue weighted by atomic mass is 79.9. The molecular formula is C12H10BrClF3N3.